The fraction of sp³-hybridized carbons (Fsp3) is 0.462. The van der Waals surface area contributed by atoms with Gasteiger partial charge < -0.3 is 5.11 Å². The molecule has 2 unspecified atom stereocenters. The molecular weight excluding hydrogens is 321 g/mol. The van der Waals surface area contributed by atoms with Crippen molar-refractivity contribution in [3.05, 3.63) is 29.0 Å². The third-order valence-corrected chi connectivity index (χ3v) is 5.59. The van der Waals surface area contributed by atoms with Crippen LogP contribution in [0.1, 0.15) is 13.3 Å². The van der Waals surface area contributed by atoms with E-state index in [-0.39, 0.29) is 24.0 Å². The topological polar surface area (TPSA) is 74.7 Å². The standard InChI is InChI=1S/C13H15ClFNO4S/c1-8-4-9(13(17)18)7-16(6-8)21(19,20)12-3-2-10(14)5-11(12)15/h2-3,5,8-9H,4,6-7H2,1H3,(H,17,18). The number of rotatable bonds is 3. The second kappa shape index (κ2) is 5.90. The Morgan fingerprint density at radius 1 is 1.43 bits per heavy atom. The van der Waals surface area contributed by atoms with Crippen molar-refractivity contribution < 1.29 is 22.7 Å². The maximum atomic E-state index is 13.8. The smallest absolute Gasteiger partial charge is 0.307 e. The Balaban J connectivity index is 2.36. The third kappa shape index (κ3) is 3.36. The van der Waals surface area contributed by atoms with Crippen molar-refractivity contribution in [2.75, 3.05) is 13.1 Å². The van der Waals surface area contributed by atoms with Gasteiger partial charge in [0.2, 0.25) is 10.0 Å². The van der Waals surface area contributed by atoms with Crippen LogP contribution >= 0.6 is 11.6 Å². The molecule has 21 heavy (non-hydrogen) atoms. The summed E-state index contributed by atoms with van der Waals surface area (Å²) in [6.07, 6.45) is 0.407. The van der Waals surface area contributed by atoms with Gasteiger partial charge in [-0.05, 0) is 30.5 Å². The van der Waals surface area contributed by atoms with Gasteiger partial charge in [0, 0.05) is 18.1 Å². The maximum absolute atomic E-state index is 13.8. The molecule has 0 spiro atoms. The van der Waals surface area contributed by atoms with E-state index >= 15 is 0 Å². The summed E-state index contributed by atoms with van der Waals surface area (Å²) in [6.45, 7) is 1.80. The summed E-state index contributed by atoms with van der Waals surface area (Å²) in [7, 11) is -4.07. The molecular formula is C13H15ClFNO4S. The fourth-order valence-corrected chi connectivity index (χ4v) is 4.31. The van der Waals surface area contributed by atoms with Crippen LogP contribution in [0.4, 0.5) is 4.39 Å². The highest BCUT2D eigenvalue weighted by Gasteiger charge is 2.37. The molecule has 116 valence electrons. The lowest BCUT2D eigenvalue weighted by Crippen LogP contribution is -2.45. The number of aliphatic carboxylic acids is 1. The molecule has 1 aliphatic rings. The van der Waals surface area contributed by atoms with E-state index in [1.807, 2.05) is 0 Å². The van der Waals surface area contributed by atoms with Crippen molar-refractivity contribution in [3.63, 3.8) is 0 Å². The highest BCUT2D eigenvalue weighted by molar-refractivity contribution is 7.89. The van der Waals surface area contributed by atoms with Gasteiger partial charge in [-0.3, -0.25) is 4.79 Å². The number of halogens is 2. The van der Waals surface area contributed by atoms with E-state index in [0.29, 0.717) is 6.42 Å². The Hall–Kier alpha value is -1.18. The molecule has 5 nitrogen and oxygen atoms in total. The molecule has 1 aromatic carbocycles. The van der Waals surface area contributed by atoms with Gasteiger partial charge >= 0.3 is 5.97 Å². The van der Waals surface area contributed by atoms with E-state index in [1.165, 1.54) is 6.07 Å². The molecule has 0 saturated carbocycles. The van der Waals surface area contributed by atoms with Crippen molar-refractivity contribution in [2.45, 2.75) is 18.2 Å². The van der Waals surface area contributed by atoms with Gasteiger partial charge in [0.15, 0.2) is 0 Å². The summed E-state index contributed by atoms with van der Waals surface area (Å²) in [4.78, 5) is 10.6. The predicted octanol–water partition coefficient (Wildman–Crippen LogP) is 2.21. The van der Waals surface area contributed by atoms with Crippen molar-refractivity contribution >= 4 is 27.6 Å². The van der Waals surface area contributed by atoms with Crippen LogP contribution in [0.15, 0.2) is 23.1 Å². The minimum absolute atomic E-state index is 0.0990. The second-order valence-electron chi connectivity index (χ2n) is 5.27. The molecule has 1 saturated heterocycles. The van der Waals surface area contributed by atoms with E-state index in [4.69, 9.17) is 16.7 Å². The van der Waals surface area contributed by atoms with Crippen LogP contribution in [0.3, 0.4) is 0 Å². The minimum atomic E-state index is -4.07. The number of carboxylic acid groups (broad SMARTS) is 1. The summed E-state index contributed by atoms with van der Waals surface area (Å²) < 4.78 is 39.8. The van der Waals surface area contributed by atoms with Crippen LogP contribution in [0.2, 0.25) is 5.02 Å². The lowest BCUT2D eigenvalue weighted by Gasteiger charge is -2.33. The summed E-state index contributed by atoms with van der Waals surface area (Å²) in [5.41, 5.74) is 0. The zero-order valence-corrected chi connectivity index (χ0v) is 12.9. The number of hydrogen-bond donors (Lipinski definition) is 1. The molecule has 2 rings (SSSR count). The lowest BCUT2D eigenvalue weighted by atomic mass is 9.92. The molecule has 0 amide bonds. The second-order valence-corrected chi connectivity index (χ2v) is 7.62. The number of nitrogens with zero attached hydrogens (tertiary/aromatic N) is 1. The highest BCUT2D eigenvalue weighted by atomic mass is 35.5. The van der Waals surface area contributed by atoms with E-state index in [2.05, 4.69) is 0 Å². The van der Waals surface area contributed by atoms with Crippen molar-refractivity contribution in [3.8, 4) is 0 Å². The summed E-state index contributed by atoms with van der Waals surface area (Å²) in [6, 6.07) is 3.32. The molecule has 1 fully saturated rings. The SMILES string of the molecule is CC1CC(C(=O)O)CN(S(=O)(=O)c2ccc(Cl)cc2F)C1. The number of benzene rings is 1. The van der Waals surface area contributed by atoms with Gasteiger partial charge in [-0.15, -0.1) is 0 Å². The largest absolute Gasteiger partial charge is 0.481 e. The number of carboxylic acids is 1. The highest BCUT2D eigenvalue weighted by Crippen LogP contribution is 2.29. The number of hydrogen-bond acceptors (Lipinski definition) is 3. The monoisotopic (exact) mass is 335 g/mol. The molecule has 1 aliphatic heterocycles. The summed E-state index contributed by atoms with van der Waals surface area (Å²) >= 11 is 5.61. The lowest BCUT2D eigenvalue weighted by molar-refractivity contribution is -0.143. The zero-order chi connectivity index (χ0) is 15.8. The summed E-state index contributed by atoms with van der Waals surface area (Å²) in [5, 5.41) is 9.19. The zero-order valence-electron chi connectivity index (χ0n) is 11.3. The normalized spacial score (nSPS) is 24.0. The summed E-state index contributed by atoms with van der Waals surface area (Å²) in [5.74, 6) is -2.87. The number of piperidine rings is 1. The molecule has 8 heteroatoms. The van der Waals surface area contributed by atoms with E-state index in [1.54, 1.807) is 6.92 Å². The van der Waals surface area contributed by atoms with Gasteiger partial charge in [0.05, 0.1) is 5.92 Å². The van der Waals surface area contributed by atoms with Crippen LogP contribution in [0.5, 0.6) is 0 Å². The predicted molar refractivity (Wildman–Crippen MR) is 75.1 cm³/mol. The first kappa shape index (κ1) is 16.2. The number of sulfonamides is 1. The Morgan fingerprint density at radius 3 is 2.67 bits per heavy atom. The van der Waals surface area contributed by atoms with Crippen LogP contribution < -0.4 is 0 Å². The fourth-order valence-electron chi connectivity index (χ4n) is 2.50. The van der Waals surface area contributed by atoms with Gasteiger partial charge in [0.1, 0.15) is 10.7 Å². The van der Waals surface area contributed by atoms with Crippen LogP contribution in [0.25, 0.3) is 0 Å². The van der Waals surface area contributed by atoms with Gasteiger partial charge in [-0.2, -0.15) is 4.31 Å². The average Bonchev–Trinajstić information content (AvgIpc) is 2.37. The number of carbonyl (C=O) groups is 1. The Bertz CT molecular complexity index is 664. The average molecular weight is 336 g/mol. The van der Waals surface area contributed by atoms with Crippen LogP contribution in [-0.2, 0) is 14.8 Å². The molecule has 0 aromatic heterocycles. The van der Waals surface area contributed by atoms with Gasteiger partial charge in [-0.1, -0.05) is 18.5 Å². The van der Waals surface area contributed by atoms with Crippen molar-refractivity contribution in [1.29, 1.82) is 0 Å². The maximum Gasteiger partial charge on any atom is 0.307 e. The van der Waals surface area contributed by atoms with Gasteiger partial charge in [0.25, 0.3) is 0 Å². The minimum Gasteiger partial charge on any atom is -0.481 e. The first-order valence-electron chi connectivity index (χ1n) is 6.40. The van der Waals surface area contributed by atoms with E-state index in [9.17, 15) is 17.6 Å². The van der Waals surface area contributed by atoms with E-state index < -0.39 is 32.6 Å². The van der Waals surface area contributed by atoms with Crippen molar-refractivity contribution in [2.24, 2.45) is 11.8 Å². The molecule has 2 atom stereocenters. The molecule has 1 N–H and O–H groups in total. The molecule has 0 radical (unpaired) electrons. The molecule has 1 heterocycles. The Kier molecular flexibility index (Phi) is 4.55. The third-order valence-electron chi connectivity index (χ3n) is 3.49. The van der Waals surface area contributed by atoms with Crippen LogP contribution in [-0.4, -0.2) is 36.9 Å². The van der Waals surface area contributed by atoms with Crippen LogP contribution in [0, 0.1) is 17.7 Å². The Labute approximate surface area is 127 Å². The molecule has 0 bridgehead atoms. The van der Waals surface area contributed by atoms with Gasteiger partial charge in [-0.25, -0.2) is 12.8 Å². The quantitative estimate of drug-likeness (QED) is 0.919. The first-order chi connectivity index (χ1) is 9.71. The van der Waals surface area contributed by atoms with Crippen molar-refractivity contribution in [1.82, 2.24) is 4.31 Å². The first-order valence-corrected chi connectivity index (χ1v) is 8.21. The Morgan fingerprint density at radius 2 is 2.10 bits per heavy atom. The van der Waals surface area contributed by atoms with E-state index in [0.717, 1.165) is 16.4 Å². The molecule has 0 aliphatic carbocycles. The molecule has 1 aromatic rings.